The molecule has 5 nitrogen and oxygen atoms in total. The second kappa shape index (κ2) is 6.43. The van der Waals surface area contributed by atoms with E-state index in [-0.39, 0.29) is 12.4 Å². The van der Waals surface area contributed by atoms with Crippen LogP contribution in [0.15, 0.2) is 30.5 Å². The van der Waals surface area contributed by atoms with Gasteiger partial charge in [0.25, 0.3) is 0 Å². The lowest BCUT2D eigenvalue weighted by Gasteiger charge is -2.12. The van der Waals surface area contributed by atoms with Crippen LogP contribution in [0, 0.1) is 0 Å². The Labute approximate surface area is 117 Å². The lowest BCUT2D eigenvalue weighted by Crippen LogP contribution is -2.20. The molecule has 108 valence electrons. The summed E-state index contributed by atoms with van der Waals surface area (Å²) >= 11 is 0. The van der Waals surface area contributed by atoms with Gasteiger partial charge in [0.2, 0.25) is 0 Å². The number of fused-ring (bicyclic) bond motifs is 1. The first-order valence-corrected chi connectivity index (χ1v) is 6.60. The van der Waals surface area contributed by atoms with Gasteiger partial charge in [-0.15, -0.1) is 0 Å². The highest BCUT2D eigenvalue weighted by Gasteiger charge is 2.13. The molecule has 1 atom stereocenters. The number of aliphatic hydroxyl groups is 1. The number of aromatic nitrogens is 1. The molecule has 0 aliphatic rings. The van der Waals surface area contributed by atoms with E-state index in [2.05, 4.69) is 0 Å². The van der Waals surface area contributed by atoms with Crippen LogP contribution in [0.25, 0.3) is 10.9 Å². The largest absolute Gasteiger partial charge is 0.497 e. The number of esters is 1. The highest BCUT2D eigenvalue weighted by atomic mass is 16.5. The zero-order valence-electron chi connectivity index (χ0n) is 11.7. The van der Waals surface area contributed by atoms with Crippen LogP contribution in [-0.2, 0) is 16.1 Å². The van der Waals surface area contributed by atoms with E-state index >= 15 is 0 Å². The van der Waals surface area contributed by atoms with Crippen molar-refractivity contribution in [2.24, 2.45) is 0 Å². The van der Waals surface area contributed by atoms with Crippen molar-refractivity contribution in [3.8, 4) is 5.75 Å². The molecule has 0 spiro atoms. The maximum absolute atomic E-state index is 11.3. The van der Waals surface area contributed by atoms with Crippen LogP contribution in [0.3, 0.4) is 0 Å². The molecule has 0 radical (unpaired) electrons. The third-order valence-electron chi connectivity index (χ3n) is 3.09. The van der Waals surface area contributed by atoms with Crippen molar-refractivity contribution in [3.05, 3.63) is 30.5 Å². The Morgan fingerprint density at radius 1 is 1.40 bits per heavy atom. The molecule has 0 saturated heterocycles. The molecule has 0 bridgehead atoms. The summed E-state index contributed by atoms with van der Waals surface area (Å²) in [7, 11) is 1.63. The van der Waals surface area contributed by atoms with Gasteiger partial charge in [0.05, 0.1) is 26.2 Å². The Balaban J connectivity index is 2.08. The highest BCUT2D eigenvalue weighted by Crippen LogP contribution is 2.22. The third-order valence-corrected chi connectivity index (χ3v) is 3.09. The predicted octanol–water partition coefficient (Wildman–Crippen LogP) is 1.96. The molecule has 5 heteroatoms. The van der Waals surface area contributed by atoms with Gasteiger partial charge in [-0.05, 0) is 31.2 Å². The molecule has 0 aliphatic heterocycles. The molecular weight excluding hydrogens is 258 g/mol. The van der Waals surface area contributed by atoms with Gasteiger partial charge in [-0.25, -0.2) is 0 Å². The van der Waals surface area contributed by atoms with Crippen molar-refractivity contribution >= 4 is 16.9 Å². The van der Waals surface area contributed by atoms with E-state index in [1.807, 2.05) is 35.0 Å². The smallest absolute Gasteiger partial charge is 0.308 e. The van der Waals surface area contributed by atoms with Gasteiger partial charge < -0.3 is 19.1 Å². The van der Waals surface area contributed by atoms with Gasteiger partial charge in [-0.3, -0.25) is 4.79 Å². The number of ether oxygens (including phenoxy) is 2. The summed E-state index contributed by atoms with van der Waals surface area (Å²) in [5.74, 6) is 0.417. The van der Waals surface area contributed by atoms with Gasteiger partial charge in [0, 0.05) is 23.6 Å². The van der Waals surface area contributed by atoms with Gasteiger partial charge in [-0.2, -0.15) is 0 Å². The summed E-state index contributed by atoms with van der Waals surface area (Å²) in [5, 5.41) is 11.0. The van der Waals surface area contributed by atoms with Crippen molar-refractivity contribution in [1.82, 2.24) is 4.57 Å². The van der Waals surface area contributed by atoms with Crippen molar-refractivity contribution in [2.45, 2.75) is 26.0 Å². The fourth-order valence-corrected chi connectivity index (χ4v) is 2.17. The monoisotopic (exact) mass is 277 g/mol. The lowest BCUT2D eigenvalue weighted by molar-refractivity contribution is -0.145. The van der Waals surface area contributed by atoms with Crippen molar-refractivity contribution in [1.29, 1.82) is 0 Å². The van der Waals surface area contributed by atoms with E-state index in [4.69, 9.17) is 9.47 Å². The highest BCUT2D eigenvalue weighted by molar-refractivity contribution is 5.81. The molecule has 2 aromatic rings. The van der Waals surface area contributed by atoms with Gasteiger partial charge in [0.15, 0.2) is 0 Å². The van der Waals surface area contributed by atoms with Crippen molar-refractivity contribution in [3.63, 3.8) is 0 Å². The molecule has 0 amide bonds. The molecule has 20 heavy (non-hydrogen) atoms. The summed E-state index contributed by atoms with van der Waals surface area (Å²) in [6.07, 6.45) is 1.13. The van der Waals surface area contributed by atoms with Gasteiger partial charge in [0.1, 0.15) is 5.75 Å². The maximum Gasteiger partial charge on any atom is 0.308 e. The molecule has 1 aromatic heterocycles. The van der Waals surface area contributed by atoms with Crippen LogP contribution >= 0.6 is 0 Å². The number of benzene rings is 1. The topological polar surface area (TPSA) is 60.7 Å². The number of aliphatic hydroxyl groups excluding tert-OH is 1. The minimum absolute atomic E-state index is 0.00364. The van der Waals surface area contributed by atoms with E-state index in [0.717, 1.165) is 16.7 Å². The zero-order chi connectivity index (χ0) is 14.5. The fourth-order valence-electron chi connectivity index (χ4n) is 2.17. The van der Waals surface area contributed by atoms with E-state index < -0.39 is 6.10 Å². The summed E-state index contributed by atoms with van der Waals surface area (Å²) in [6, 6.07) is 7.69. The van der Waals surface area contributed by atoms with Crippen LogP contribution in [0.5, 0.6) is 5.75 Å². The molecule has 0 fully saturated rings. The van der Waals surface area contributed by atoms with Crippen LogP contribution < -0.4 is 4.74 Å². The summed E-state index contributed by atoms with van der Waals surface area (Å²) in [5.41, 5.74) is 0.994. The van der Waals surface area contributed by atoms with Crippen LogP contribution in [0.2, 0.25) is 0 Å². The van der Waals surface area contributed by atoms with Crippen LogP contribution in [0.4, 0.5) is 0 Å². The fraction of sp³-hybridized carbons (Fsp3) is 0.400. The summed E-state index contributed by atoms with van der Waals surface area (Å²) < 4.78 is 11.9. The van der Waals surface area contributed by atoms with Crippen molar-refractivity contribution < 1.29 is 19.4 Å². The number of nitrogens with zero attached hydrogens (tertiary/aromatic N) is 1. The molecule has 1 aromatic carbocycles. The van der Waals surface area contributed by atoms with E-state index in [9.17, 15) is 9.90 Å². The number of hydrogen-bond acceptors (Lipinski definition) is 4. The SMILES string of the molecule is CCOC(=O)CC(O)Cn1ccc2cc(OC)ccc21. The van der Waals surface area contributed by atoms with Gasteiger partial charge >= 0.3 is 5.97 Å². The number of methoxy groups -OCH3 is 1. The summed E-state index contributed by atoms with van der Waals surface area (Å²) in [4.78, 5) is 11.3. The van der Waals surface area contributed by atoms with Crippen molar-refractivity contribution in [2.75, 3.05) is 13.7 Å². The second-order valence-electron chi connectivity index (χ2n) is 4.56. The zero-order valence-corrected chi connectivity index (χ0v) is 11.7. The third kappa shape index (κ3) is 3.30. The number of carbonyl (C=O) groups excluding carboxylic acids is 1. The maximum atomic E-state index is 11.3. The first-order chi connectivity index (χ1) is 9.63. The normalized spacial score (nSPS) is 12.3. The number of carbonyl (C=O) groups is 1. The minimum Gasteiger partial charge on any atom is -0.497 e. The predicted molar refractivity (Wildman–Crippen MR) is 75.7 cm³/mol. The molecule has 1 heterocycles. The number of rotatable bonds is 6. The van der Waals surface area contributed by atoms with E-state index in [0.29, 0.717) is 13.2 Å². The molecular formula is C15H19NO4. The Hall–Kier alpha value is -2.01. The molecule has 0 saturated carbocycles. The minimum atomic E-state index is -0.758. The average Bonchev–Trinajstić information content (AvgIpc) is 2.81. The summed E-state index contributed by atoms with van der Waals surface area (Å²) in [6.45, 7) is 2.43. The standard InChI is InChI=1S/C15H19NO4/c1-3-20-15(18)9-12(17)10-16-7-6-11-8-13(19-2)4-5-14(11)16/h4-8,12,17H,3,9-10H2,1-2H3. The van der Waals surface area contributed by atoms with Gasteiger partial charge in [-0.1, -0.05) is 0 Å². The first kappa shape index (κ1) is 14.4. The van der Waals surface area contributed by atoms with E-state index in [1.165, 1.54) is 0 Å². The number of hydrogen-bond donors (Lipinski definition) is 1. The van der Waals surface area contributed by atoms with Crippen LogP contribution in [0.1, 0.15) is 13.3 Å². The van der Waals surface area contributed by atoms with E-state index in [1.54, 1.807) is 14.0 Å². The molecule has 1 N–H and O–H groups in total. The Kier molecular flexibility index (Phi) is 4.63. The first-order valence-electron chi connectivity index (χ1n) is 6.60. The molecule has 1 unspecified atom stereocenters. The Morgan fingerprint density at radius 2 is 2.20 bits per heavy atom. The molecule has 0 aliphatic carbocycles. The van der Waals surface area contributed by atoms with Crippen LogP contribution in [-0.4, -0.2) is 35.5 Å². The Morgan fingerprint density at radius 3 is 2.90 bits per heavy atom. The quantitative estimate of drug-likeness (QED) is 0.820. The average molecular weight is 277 g/mol. The lowest BCUT2D eigenvalue weighted by atomic mass is 10.2. The molecule has 2 rings (SSSR count). The second-order valence-corrected chi connectivity index (χ2v) is 4.56. The Bertz CT molecular complexity index is 591.